The van der Waals surface area contributed by atoms with Gasteiger partial charge in [0.15, 0.2) is 5.78 Å². The minimum Gasteiger partial charge on any atom is -0.483 e. The van der Waals surface area contributed by atoms with Crippen LogP contribution < -0.4 is 4.74 Å². The second-order valence-electron chi connectivity index (χ2n) is 5.72. The summed E-state index contributed by atoms with van der Waals surface area (Å²) in [6, 6.07) is 7.35. The van der Waals surface area contributed by atoms with Crippen molar-refractivity contribution in [2.45, 2.75) is 32.3 Å². The van der Waals surface area contributed by atoms with Crippen molar-refractivity contribution in [1.29, 1.82) is 5.26 Å². The first kappa shape index (κ1) is 13.4. The smallest absolute Gasteiger partial charge is 0.159 e. The lowest BCUT2D eigenvalue weighted by molar-refractivity contribution is -0.114. The van der Waals surface area contributed by atoms with Gasteiger partial charge in [-0.3, -0.25) is 4.79 Å². The number of benzene rings is 1. The van der Waals surface area contributed by atoms with Crippen LogP contribution in [0.1, 0.15) is 37.8 Å². The maximum Gasteiger partial charge on any atom is 0.159 e. The number of nitrogens with zero attached hydrogens (tertiary/aromatic N) is 1. The van der Waals surface area contributed by atoms with Crippen molar-refractivity contribution in [2.24, 2.45) is 0 Å². The zero-order valence-electron chi connectivity index (χ0n) is 12.0. The number of carbonyl (C=O) groups is 1. The standard InChI is InChI=1S/C17H15NO3/c1-17(2)9-16(20-13-5-4-12(19)8-13)14-7-11(10-18)3-6-15(14)21-17/h3,6-9H,4-5H2,1-2H3. The number of hydrogen-bond donors (Lipinski definition) is 0. The molecule has 1 aliphatic carbocycles. The van der Waals surface area contributed by atoms with E-state index in [0.717, 1.165) is 5.56 Å². The molecule has 4 nitrogen and oxygen atoms in total. The first-order valence-corrected chi connectivity index (χ1v) is 6.84. The molecule has 0 radical (unpaired) electrons. The highest BCUT2D eigenvalue weighted by Crippen LogP contribution is 2.38. The van der Waals surface area contributed by atoms with E-state index in [4.69, 9.17) is 14.7 Å². The van der Waals surface area contributed by atoms with Gasteiger partial charge in [0.2, 0.25) is 0 Å². The number of rotatable bonds is 2. The molecule has 21 heavy (non-hydrogen) atoms. The molecule has 1 aromatic carbocycles. The van der Waals surface area contributed by atoms with Crippen molar-refractivity contribution in [3.8, 4) is 11.8 Å². The maximum absolute atomic E-state index is 11.3. The average molecular weight is 281 g/mol. The molecule has 0 spiro atoms. The fourth-order valence-electron chi connectivity index (χ4n) is 2.46. The van der Waals surface area contributed by atoms with Crippen molar-refractivity contribution < 1.29 is 14.3 Å². The Morgan fingerprint density at radius 2 is 2.14 bits per heavy atom. The Bertz CT molecular complexity index is 720. The third-order valence-electron chi connectivity index (χ3n) is 3.41. The molecule has 1 aromatic rings. The van der Waals surface area contributed by atoms with Gasteiger partial charge < -0.3 is 9.47 Å². The van der Waals surface area contributed by atoms with Crippen molar-refractivity contribution >= 4 is 11.5 Å². The van der Waals surface area contributed by atoms with Gasteiger partial charge in [0.25, 0.3) is 0 Å². The normalized spacial score (nSPS) is 19.0. The predicted octanol–water partition coefficient (Wildman–Crippen LogP) is 3.33. The van der Waals surface area contributed by atoms with Gasteiger partial charge in [0, 0.05) is 25.0 Å². The molecule has 3 rings (SSSR count). The molecule has 0 amide bonds. The Morgan fingerprint density at radius 1 is 1.33 bits per heavy atom. The number of ether oxygens (including phenoxy) is 2. The van der Waals surface area contributed by atoms with Gasteiger partial charge in [-0.15, -0.1) is 0 Å². The molecule has 0 fully saturated rings. The summed E-state index contributed by atoms with van der Waals surface area (Å²) in [5, 5.41) is 9.04. The van der Waals surface area contributed by atoms with Crippen LogP contribution in [0.5, 0.6) is 5.75 Å². The number of nitriles is 1. The molecule has 1 heterocycles. The third kappa shape index (κ3) is 2.68. The first-order chi connectivity index (χ1) is 9.97. The van der Waals surface area contributed by atoms with Gasteiger partial charge in [-0.2, -0.15) is 5.26 Å². The second kappa shape index (κ2) is 4.78. The molecule has 0 saturated carbocycles. The highest BCUT2D eigenvalue weighted by atomic mass is 16.5. The Kier molecular flexibility index (Phi) is 3.06. The van der Waals surface area contributed by atoms with Gasteiger partial charge in [-0.1, -0.05) is 0 Å². The summed E-state index contributed by atoms with van der Waals surface area (Å²) < 4.78 is 11.8. The van der Waals surface area contributed by atoms with Gasteiger partial charge in [0.05, 0.1) is 17.2 Å². The lowest BCUT2D eigenvalue weighted by Crippen LogP contribution is -2.29. The SMILES string of the molecule is CC1(C)C=C(OC2=CC(=O)CC2)c2cc(C#N)ccc2O1. The summed E-state index contributed by atoms with van der Waals surface area (Å²) >= 11 is 0. The van der Waals surface area contributed by atoms with Crippen LogP contribution in [0.15, 0.2) is 36.1 Å². The Morgan fingerprint density at radius 3 is 2.81 bits per heavy atom. The summed E-state index contributed by atoms with van der Waals surface area (Å²) in [6.45, 7) is 3.87. The quantitative estimate of drug-likeness (QED) is 0.834. The highest BCUT2D eigenvalue weighted by molar-refractivity contribution is 5.92. The number of ketones is 1. The van der Waals surface area contributed by atoms with Crippen LogP contribution in [-0.4, -0.2) is 11.4 Å². The van der Waals surface area contributed by atoms with Crippen LogP contribution in [0, 0.1) is 11.3 Å². The van der Waals surface area contributed by atoms with Crippen LogP contribution in [0.3, 0.4) is 0 Å². The topological polar surface area (TPSA) is 59.3 Å². The second-order valence-corrected chi connectivity index (χ2v) is 5.72. The van der Waals surface area contributed by atoms with Gasteiger partial charge >= 0.3 is 0 Å². The minimum absolute atomic E-state index is 0.0860. The Labute approximate surface area is 123 Å². The van der Waals surface area contributed by atoms with E-state index in [9.17, 15) is 4.79 Å². The first-order valence-electron chi connectivity index (χ1n) is 6.84. The zero-order valence-corrected chi connectivity index (χ0v) is 12.0. The summed E-state index contributed by atoms with van der Waals surface area (Å²) in [6.07, 6.45) is 4.52. The van der Waals surface area contributed by atoms with E-state index in [1.807, 2.05) is 19.9 Å². The molecular weight excluding hydrogens is 266 g/mol. The van der Waals surface area contributed by atoms with E-state index in [0.29, 0.717) is 35.7 Å². The largest absolute Gasteiger partial charge is 0.483 e. The average Bonchev–Trinajstić information content (AvgIpc) is 2.82. The van der Waals surface area contributed by atoms with Crippen molar-refractivity contribution in [1.82, 2.24) is 0 Å². The van der Waals surface area contributed by atoms with E-state index >= 15 is 0 Å². The third-order valence-corrected chi connectivity index (χ3v) is 3.41. The number of fused-ring (bicyclic) bond motifs is 1. The van der Waals surface area contributed by atoms with E-state index in [-0.39, 0.29) is 5.78 Å². The van der Waals surface area contributed by atoms with Crippen LogP contribution in [0.25, 0.3) is 5.76 Å². The monoisotopic (exact) mass is 281 g/mol. The molecule has 0 unspecified atom stereocenters. The van der Waals surface area contributed by atoms with Crippen molar-refractivity contribution in [3.05, 3.63) is 47.2 Å². The molecule has 0 bridgehead atoms. The van der Waals surface area contributed by atoms with Gasteiger partial charge in [-0.05, 0) is 32.0 Å². The lowest BCUT2D eigenvalue weighted by atomic mass is 9.99. The van der Waals surface area contributed by atoms with Gasteiger partial charge in [-0.25, -0.2) is 0 Å². The number of carbonyl (C=O) groups excluding carboxylic acids is 1. The lowest BCUT2D eigenvalue weighted by Gasteiger charge is -2.30. The van der Waals surface area contributed by atoms with Crippen LogP contribution in [-0.2, 0) is 9.53 Å². The maximum atomic E-state index is 11.3. The van der Waals surface area contributed by atoms with Crippen molar-refractivity contribution in [2.75, 3.05) is 0 Å². The summed E-state index contributed by atoms with van der Waals surface area (Å²) in [5.74, 6) is 2.07. The number of allylic oxidation sites excluding steroid dienone is 2. The molecule has 0 saturated heterocycles. The van der Waals surface area contributed by atoms with Gasteiger partial charge in [0.1, 0.15) is 22.9 Å². The fourth-order valence-corrected chi connectivity index (χ4v) is 2.46. The minimum atomic E-state index is -0.500. The van der Waals surface area contributed by atoms with E-state index in [1.54, 1.807) is 18.2 Å². The summed E-state index contributed by atoms with van der Waals surface area (Å²) in [5.41, 5.74) is 0.788. The Balaban J connectivity index is 2.01. The Hall–Kier alpha value is -2.54. The molecule has 2 aliphatic rings. The summed E-state index contributed by atoms with van der Waals surface area (Å²) in [7, 11) is 0. The molecular formula is C17H15NO3. The molecule has 0 atom stereocenters. The van der Waals surface area contributed by atoms with E-state index in [2.05, 4.69) is 6.07 Å². The molecule has 0 aromatic heterocycles. The molecule has 4 heteroatoms. The molecule has 106 valence electrons. The number of hydrogen-bond acceptors (Lipinski definition) is 4. The summed E-state index contributed by atoms with van der Waals surface area (Å²) in [4.78, 5) is 11.3. The van der Waals surface area contributed by atoms with Crippen molar-refractivity contribution in [3.63, 3.8) is 0 Å². The van der Waals surface area contributed by atoms with E-state index < -0.39 is 5.60 Å². The predicted molar refractivity (Wildman–Crippen MR) is 77.3 cm³/mol. The van der Waals surface area contributed by atoms with Crippen LogP contribution in [0.2, 0.25) is 0 Å². The zero-order chi connectivity index (χ0) is 15.0. The molecule has 1 aliphatic heterocycles. The fraction of sp³-hybridized carbons (Fsp3) is 0.294. The highest BCUT2D eigenvalue weighted by Gasteiger charge is 2.29. The van der Waals surface area contributed by atoms with E-state index in [1.165, 1.54) is 6.08 Å². The van der Waals surface area contributed by atoms with Crippen LogP contribution in [0.4, 0.5) is 0 Å². The molecule has 0 N–H and O–H groups in total. The van der Waals surface area contributed by atoms with Crippen LogP contribution >= 0.6 is 0 Å².